The van der Waals surface area contributed by atoms with E-state index in [1.165, 1.54) is 11.1 Å². The predicted octanol–water partition coefficient (Wildman–Crippen LogP) is 2.73. The van der Waals surface area contributed by atoms with E-state index >= 15 is 0 Å². The average Bonchev–Trinajstić information content (AvgIpc) is 2.52. The number of carbonyl (C=O) groups excluding carboxylic acids is 1. The highest BCUT2D eigenvalue weighted by Crippen LogP contribution is 2.19. The molecule has 1 fully saturated rings. The summed E-state index contributed by atoms with van der Waals surface area (Å²) < 4.78 is 5.40. The highest BCUT2D eigenvalue weighted by Gasteiger charge is 2.23. The number of nitrogens with zero attached hydrogens (tertiary/aromatic N) is 1. The lowest BCUT2D eigenvalue weighted by molar-refractivity contribution is -0.132. The van der Waals surface area contributed by atoms with Crippen LogP contribution in [0.3, 0.4) is 0 Å². The third kappa shape index (κ3) is 4.61. The fourth-order valence-electron chi connectivity index (χ4n) is 2.90. The van der Waals surface area contributed by atoms with Crippen LogP contribution in [0.15, 0.2) is 18.2 Å². The molecule has 0 unspecified atom stereocenters. The number of likely N-dealkylation sites (tertiary alicyclic amines) is 1. The molecule has 1 amide bonds. The van der Waals surface area contributed by atoms with Crippen molar-refractivity contribution in [3.05, 3.63) is 34.9 Å². The van der Waals surface area contributed by atoms with Gasteiger partial charge in [-0.05, 0) is 43.7 Å². The van der Waals surface area contributed by atoms with Gasteiger partial charge in [0.15, 0.2) is 0 Å². The summed E-state index contributed by atoms with van der Waals surface area (Å²) in [5.41, 5.74) is 3.54. The first-order valence-corrected chi connectivity index (χ1v) is 7.95. The maximum absolute atomic E-state index is 12.5. The zero-order chi connectivity index (χ0) is 15.9. The summed E-state index contributed by atoms with van der Waals surface area (Å²) in [6, 6.07) is 6.30. The van der Waals surface area contributed by atoms with Crippen LogP contribution in [0, 0.1) is 32.1 Å². The fraction of sp³-hybridized carbons (Fsp3) is 0.526. The Kier molecular flexibility index (Phi) is 6.03. The second-order valence-electron chi connectivity index (χ2n) is 6.15. The third-order valence-corrected chi connectivity index (χ3v) is 4.35. The molecule has 0 atom stereocenters. The highest BCUT2D eigenvalue weighted by atomic mass is 16.5. The number of terminal acetylenes is 1. The van der Waals surface area contributed by atoms with E-state index in [4.69, 9.17) is 11.2 Å². The first-order chi connectivity index (χ1) is 10.6. The number of hydrogen-bond acceptors (Lipinski definition) is 2. The molecule has 3 nitrogen and oxygen atoms in total. The minimum absolute atomic E-state index is 0.233. The average molecular weight is 299 g/mol. The minimum Gasteiger partial charge on any atom is -0.369 e. The van der Waals surface area contributed by atoms with E-state index in [0.29, 0.717) is 25.6 Å². The largest absolute Gasteiger partial charge is 0.369 e. The molecule has 1 aliphatic rings. The van der Waals surface area contributed by atoms with E-state index in [1.807, 2.05) is 4.90 Å². The number of aryl methyl sites for hydroxylation is 2. The summed E-state index contributed by atoms with van der Waals surface area (Å²) in [6.45, 7) is 6.88. The molecular formula is C19H25NO2. The second kappa shape index (κ2) is 8.00. The van der Waals surface area contributed by atoms with Crippen molar-refractivity contribution >= 4 is 5.91 Å². The van der Waals surface area contributed by atoms with E-state index in [2.05, 4.69) is 38.0 Å². The highest BCUT2D eigenvalue weighted by molar-refractivity contribution is 5.79. The summed E-state index contributed by atoms with van der Waals surface area (Å²) in [7, 11) is 0. The van der Waals surface area contributed by atoms with Crippen LogP contribution in [0.4, 0.5) is 0 Å². The van der Waals surface area contributed by atoms with Crippen molar-refractivity contribution in [2.45, 2.75) is 33.1 Å². The summed E-state index contributed by atoms with van der Waals surface area (Å²) in [5, 5.41) is 0. The number of carbonyl (C=O) groups is 1. The number of piperidine rings is 1. The van der Waals surface area contributed by atoms with E-state index < -0.39 is 0 Å². The van der Waals surface area contributed by atoms with Crippen LogP contribution in [0.5, 0.6) is 0 Å². The monoisotopic (exact) mass is 299 g/mol. The fourth-order valence-corrected chi connectivity index (χ4v) is 2.90. The molecule has 0 N–H and O–H groups in total. The van der Waals surface area contributed by atoms with E-state index in [0.717, 1.165) is 31.5 Å². The molecule has 0 spiro atoms. The van der Waals surface area contributed by atoms with Gasteiger partial charge < -0.3 is 9.64 Å². The Morgan fingerprint density at radius 2 is 2.09 bits per heavy atom. The molecule has 0 radical (unpaired) electrons. The molecule has 1 aromatic carbocycles. The standard InChI is InChI=1S/C19H25NO2/c1-4-11-22-14-17-7-9-20(10-8-17)19(21)13-18-12-15(2)5-6-16(18)3/h1,5-6,12,17H,7-11,13-14H2,2-3H3. The van der Waals surface area contributed by atoms with Gasteiger partial charge in [-0.2, -0.15) is 0 Å². The number of benzene rings is 1. The molecule has 0 saturated carbocycles. The van der Waals surface area contributed by atoms with Crippen LogP contribution in [-0.4, -0.2) is 37.1 Å². The van der Waals surface area contributed by atoms with Crippen molar-refractivity contribution in [2.24, 2.45) is 5.92 Å². The molecule has 2 rings (SSSR count). The third-order valence-electron chi connectivity index (χ3n) is 4.35. The van der Waals surface area contributed by atoms with Gasteiger partial charge in [-0.3, -0.25) is 4.79 Å². The van der Waals surface area contributed by atoms with Crippen molar-refractivity contribution in [3.63, 3.8) is 0 Å². The molecule has 22 heavy (non-hydrogen) atoms. The zero-order valence-corrected chi connectivity index (χ0v) is 13.6. The molecule has 118 valence electrons. The lowest BCUT2D eigenvalue weighted by Gasteiger charge is -2.32. The van der Waals surface area contributed by atoms with Crippen LogP contribution < -0.4 is 0 Å². The number of amides is 1. The van der Waals surface area contributed by atoms with Crippen molar-refractivity contribution in [1.82, 2.24) is 4.90 Å². The molecule has 0 bridgehead atoms. The Morgan fingerprint density at radius 1 is 1.36 bits per heavy atom. The van der Waals surface area contributed by atoms with Gasteiger partial charge in [0, 0.05) is 13.1 Å². The topological polar surface area (TPSA) is 29.5 Å². The Morgan fingerprint density at radius 3 is 2.77 bits per heavy atom. The van der Waals surface area contributed by atoms with Crippen LogP contribution >= 0.6 is 0 Å². The molecule has 0 aliphatic carbocycles. The molecule has 1 saturated heterocycles. The van der Waals surface area contributed by atoms with Crippen LogP contribution in [0.25, 0.3) is 0 Å². The van der Waals surface area contributed by atoms with Gasteiger partial charge in [0.2, 0.25) is 5.91 Å². The van der Waals surface area contributed by atoms with Gasteiger partial charge in [0.25, 0.3) is 0 Å². The Balaban J connectivity index is 1.82. The predicted molar refractivity (Wildman–Crippen MR) is 88.6 cm³/mol. The smallest absolute Gasteiger partial charge is 0.226 e. The Hall–Kier alpha value is -1.79. The molecule has 1 aliphatic heterocycles. The maximum Gasteiger partial charge on any atom is 0.226 e. The second-order valence-corrected chi connectivity index (χ2v) is 6.15. The molecule has 1 heterocycles. The normalized spacial score (nSPS) is 15.6. The lowest BCUT2D eigenvalue weighted by Crippen LogP contribution is -2.40. The molecule has 0 aromatic heterocycles. The van der Waals surface area contributed by atoms with Crippen molar-refractivity contribution in [2.75, 3.05) is 26.3 Å². The first-order valence-electron chi connectivity index (χ1n) is 7.95. The molecule has 3 heteroatoms. The number of hydrogen-bond donors (Lipinski definition) is 0. The molecular weight excluding hydrogens is 274 g/mol. The van der Waals surface area contributed by atoms with Crippen molar-refractivity contribution in [3.8, 4) is 12.3 Å². The summed E-state index contributed by atoms with van der Waals surface area (Å²) in [5.74, 6) is 3.24. The van der Waals surface area contributed by atoms with Crippen LogP contribution in [0.2, 0.25) is 0 Å². The first kappa shape index (κ1) is 16.6. The van der Waals surface area contributed by atoms with Gasteiger partial charge in [-0.25, -0.2) is 0 Å². The maximum atomic E-state index is 12.5. The van der Waals surface area contributed by atoms with Gasteiger partial charge in [-0.15, -0.1) is 6.42 Å². The summed E-state index contributed by atoms with van der Waals surface area (Å²) in [6.07, 6.45) is 7.69. The van der Waals surface area contributed by atoms with Gasteiger partial charge in [0.1, 0.15) is 6.61 Å². The van der Waals surface area contributed by atoms with Crippen LogP contribution in [0.1, 0.15) is 29.5 Å². The number of ether oxygens (including phenoxy) is 1. The summed E-state index contributed by atoms with van der Waals surface area (Å²) in [4.78, 5) is 14.5. The quantitative estimate of drug-likeness (QED) is 0.618. The Bertz CT molecular complexity index is 551. The van der Waals surface area contributed by atoms with Crippen LogP contribution in [-0.2, 0) is 16.0 Å². The zero-order valence-electron chi connectivity index (χ0n) is 13.6. The number of rotatable bonds is 5. The van der Waals surface area contributed by atoms with Gasteiger partial charge >= 0.3 is 0 Å². The minimum atomic E-state index is 0.233. The van der Waals surface area contributed by atoms with Gasteiger partial charge in [0.05, 0.1) is 13.0 Å². The SMILES string of the molecule is C#CCOCC1CCN(C(=O)Cc2cc(C)ccc2C)CC1. The van der Waals surface area contributed by atoms with E-state index in [-0.39, 0.29) is 5.91 Å². The van der Waals surface area contributed by atoms with Gasteiger partial charge in [-0.1, -0.05) is 29.7 Å². The van der Waals surface area contributed by atoms with E-state index in [1.54, 1.807) is 0 Å². The summed E-state index contributed by atoms with van der Waals surface area (Å²) >= 11 is 0. The lowest BCUT2D eigenvalue weighted by atomic mass is 9.96. The Labute approximate surface area is 133 Å². The van der Waals surface area contributed by atoms with Crippen molar-refractivity contribution < 1.29 is 9.53 Å². The van der Waals surface area contributed by atoms with E-state index in [9.17, 15) is 4.79 Å². The molecule has 1 aromatic rings. The van der Waals surface area contributed by atoms with Crippen molar-refractivity contribution in [1.29, 1.82) is 0 Å².